The Kier molecular flexibility index (Phi) is 6.59. The summed E-state index contributed by atoms with van der Waals surface area (Å²) in [7, 11) is 0. The highest BCUT2D eigenvalue weighted by Crippen LogP contribution is 2.27. The van der Waals surface area contributed by atoms with E-state index in [0.717, 1.165) is 4.57 Å². The quantitative estimate of drug-likeness (QED) is 0.488. The molecule has 1 unspecified atom stereocenters. The van der Waals surface area contributed by atoms with Crippen LogP contribution >= 0.6 is 0 Å². The largest absolute Gasteiger partial charge is 0.451 e. The number of hydrogen-bond donors (Lipinski definition) is 3. The number of aliphatic hydroxyl groups is 2. The number of aliphatic hydroxyl groups excluding tert-OH is 2. The third kappa shape index (κ3) is 4.98. The molecule has 1 aliphatic heterocycles. The van der Waals surface area contributed by atoms with Crippen LogP contribution in [0.25, 0.3) is 0 Å². The van der Waals surface area contributed by atoms with Gasteiger partial charge in [-0.25, -0.2) is 9.59 Å². The van der Waals surface area contributed by atoms with E-state index >= 15 is 0 Å². The molecule has 4 atom stereocenters. The standard InChI is InChI=1S/C23H21N3O7/c27-16-13-32-21(19(18(16)28)33-22(30)15-9-5-2-6-10-15)26-12-11-17(25-23(26)31)24-20(29)14-7-3-1-4-8-14/h1-12,16,18-19,21,27-28H,13H2,(H,24,25,29,31)/t16-,18-,19-,21?/m1/s1. The third-order valence-electron chi connectivity index (χ3n) is 5.08. The van der Waals surface area contributed by atoms with Gasteiger partial charge < -0.3 is 25.0 Å². The number of amides is 1. The second-order valence-electron chi connectivity index (χ2n) is 7.34. The molecule has 33 heavy (non-hydrogen) atoms. The van der Waals surface area contributed by atoms with Gasteiger partial charge >= 0.3 is 11.7 Å². The Hall–Kier alpha value is -3.86. The van der Waals surface area contributed by atoms with Crippen molar-refractivity contribution in [3.8, 4) is 0 Å². The minimum absolute atomic E-state index is 0.0133. The zero-order valence-corrected chi connectivity index (χ0v) is 17.3. The summed E-state index contributed by atoms with van der Waals surface area (Å²) in [6.07, 6.45) is -4.14. The van der Waals surface area contributed by atoms with E-state index in [4.69, 9.17) is 9.47 Å². The van der Waals surface area contributed by atoms with Crippen LogP contribution in [0.4, 0.5) is 5.82 Å². The summed E-state index contributed by atoms with van der Waals surface area (Å²) in [5.41, 5.74) is -0.188. The zero-order valence-electron chi connectivity index (χ0n) is 17.3. The molecule has 2 aromatic carbocycles. The van der Waals surface area contributed by atoms with E-state index in [1.807, 2.05) is 0 Å². The highest BCUT2D eigenvalue weighted by Gasteiger charge is 2.43. The van der Waals surface area contributed by atoms with Crippen LogP contribution < -0.4 is 11.0 Å². The van der Waals surface area contributed by atoms with Crippen molar-refractivity contribution >= 4 is 17.7 Å². The molecule has 1 saturated heterocycles. The summed E-state index contributed by atoms with van der Waals surface area (Å²) in [4.78, 5) is 41.3. The highest BCUT2D eigenvalue weighted by atomic mass is 16.6. The zero-order chi connectivity index (χ0) is 23.4. The van der Waals surface area contributed by atoms with Gasteiger partial charge in [0.1, 0.15) is 18.0 Å². The van der Waals surface area contributed by atoms with Gasteiger partial charge in [0, 0.05) is 11.8 Å². The van der Waals surface area contributed by atoms with Crippen LogP contribution in [0.3, 0.4) is 0 Å². The van der Waals surface area contributed by atoms with Gasteiger partial charge in [-0.3, -0.25) is 9.36 Å². The monoisotopic (exact) mass is 451 g/mol. The fourth-order valence-corrected chi connectivity index (χ4v) is 3.36. The molecule has 1 amide bonds. The number of esters is 1. The normalized spacial score (nSPS) is 22.4. The maximum atomic E-state index is 12.7. The molecular formula is C23H21N3O7. The van der Waals surface area contributed by atoms with Crippen LogP contribution in [-0.4, -0.2) is 56.6 Å². The smallest absolute Gasteiger partial charge is 0.351 e. The lowest BCUT2D eigenvalue weighted by Gasteiger charge is -2.38. The Morgan fingerprint density at radius 3 is 2.27 bits per heavy atom. The number of ether oxygens (including phenoxy) is 2. The van der Waals surface area contributed by atoms with Gasteiger partial charge in [-0.15, -0.1) is 0 Å². The number of anilines is 1. The molecule has 1 aliphatic rings. The lowest BCUT2D eigenvalue weighted by molar-refractivity contribution is -0.212. The van der Waals surface area contributed by atoms with Crippen molar-refractivity contribution in [1.82, 2.24) is 9.55 Å². The van der Waals surface area contributed by atoms with Crippen molar-refractivity contribution in [3.05, 3.63) is 94.5 Å². The average molecular weight is 451 g/mol. The van der Waals surface area contributed by atoms with Gasteiger partial charge in [0.2, 0.25) is 0 Å². The highest BCUT2D eigenvalue weighted by molar-refractivity contribution is 6.03. The maximum Gasteiger partial charge on any atom is 0.351 e. The maximum absolute atomic E-state index is 12.7. The van der Waals surface area contributed by atoms with Crippen LogP contribution in [0, 0.1) is 0 Å². The topological polar surface area (TPSA) is 140 Å². The van der Waals surface area contributed by atoms with Gasteiger partial charge in [-0.1, -0.05) is 36.4 Å². The minimum Gasteiger partial charge on any atom is -0.451 e. The molecule has 3 N–H and O–H groups in total. The number of nitrogens with one attached hydrogen (secondary N) is 1. The molecule has 0 radical (unpaired) electrons. The third-order valence-corrected chi connectivity index (χ3v) is 5.08. The average Bonchev–Trinajstić information content (AvgIpc) is 2.84. The molecule has 0 bridgehead atoms. The SMILES string of the molecule is O=C(Nc1ccn(C2OC[C@@H](O)[C@@H](O)[C@H]2OC(=O)c2ccccc2)c(=O)n1)c1ccccc1. The molecule has 0 saturated carbocycles. The fraction of sp³-hybridized carbons (Fsp3) is 0.217. The van der Waals surface area contributed by atoms with Crippen molar-refractivity contribution in [3.63, 3.8) is 0 Å². The van der Waals surface area contributed by atoms with Gasteiger partial charge in [0.05, 0.1) is 12.2 Å². The number of aromatic nitrogens is 2. The van der Waals surface area contributed by atoms with E-state index in [9.17, 15) is 24.6 Å². The summed E-state index contributed by atoms with van der Waals surface area (Å²) >= 11 is 0. The molecule has 170 valence electrons. The Balaban J connectivity index is 1.56. The molecule has 10 nitrogen and oxygen atoms in total. The minimum atomic E-state index is -1.50. The van der Waals surface area contributed by atoms with Crippen LogP contribution in [0.1, 0.15) is 26.9 Å². The van der Waals surface area contributed by atoms with E-state index in [0.29, 0.717) is 5.56 Å². The van der Waals surface area contributed by atoms with E-state index < -0.39 is 42.1 Å². The Morgan fingerprint density at radius 1 is 1.00 bits per heavy atom. The second-order valence-corrected chi connectivity index (χ2v) is 7.34. The van der Waals surface area contributed by atoms with Crippen molar-refractivity contribution in [2.75, 3.05) is 11.9 Å². The summed E-state index contributed by atoms with van der Waals surface area (Å²) in [6.45, 7) is -0.288. The number of benzene rings is 2. The van der Waals surface area contributed by atoms with E-state index in [1.54, 1.807) is 48.5 Å². The molecule has 10 heteroatoms. The van der Waals surface area contributed by atoms with Crippen LogP contribution in [0.2, 0.25) is 0 Å². The van der Waals surface area contributed by atoms with Gasteiger partial charge in [0.25, 0.3) is 5.91 Å². The van der Waals surface area contributed by atoms with Crippen molar-refractivity contribution in [2.45, 2.75) is 24.5 Å². The first kappa shape index (κ1) is 22.3. The van der Waals surface area contributed by atoms with Crippen LogP contribution in [0.15, 0.2) is 77.7 Å². The molecule has 3 aromatic rings. The molecule has 0 aliphatic carbocycles. The number of carbonyl (C=O) groups is 2. The molecule has 1 fully saturated rings. The molecule has 4 rings (SSSR count). The van der Waals surface area contributed by atoms with E-state index in [-0.39, 0.29) is 18.0 Å². The fourth-order valence-electron chi connectivity index (χ4n) is 3.36. The summed E-state index contributed by atoms with van der Waals surface area (Å²) < 4.78 is 11.9. The first-order chi connectivity index (χ1) is 15.9. The summed E-state index contributed by atoms with van der Waals surface area (Å²) in [6, 6.07) is 17.9. The van der Waals surface area contributed by atoms with E-state index in [2.05, 4.69) is 10.3 Å². The summed E-state index contributed by atoms with van der Waals surface area (Å²) in [5.74, 6) is -1.18. The van der Waals surface area contributed by atoms with Gasteiger partial charge in [-0.2, -0.15) is 4.98 Å². The summed E-state index contributed by atoms with van der Waals surface area (Å²) in [5, 5.41) is 23.0. The first-order valence-electron chi connectivity index (χ1n) is 10.1. The van der Waals surface area contributed by atoms with Gasteiger partial charge in [0.15, 0.2) is 12.3 Å². The molecular weight excluding hydrogens is 430 g/mol. The lowest BCUT2D eigenvalue weighted by Crippen LogP contribution is -2.54. The van der Waals surface area contributed by atoms with Crippen molar-refractivity contribution in [2.24, 2.45) is 0 Å². The van der Waals surface area contributed by atoms with Crippen LogP contribution in [0.5, 0.6) is 0 Å². The number of carbonyl (C=O) groups excluding carboxylic acids is 2. The van der Waals surface area contributed by atoms with Crippen molar-refractivity contribution in [1.29, 1.82) is 0 Å². The Labute approximate surface area is 188 Å². The second kappa shape index (κ2) is 9.74. The lowest BCUT2D eigenvalue weighted by atomic mass is 10.0. The molecule has 2 heterocycles. The number of hydrogen-bond acceptors (Lipinski definition) is 8. The predicted molar refractivity (Wildman–Crippen MR) is 116 cm³/mol. The molecule has 0 spiro atoms. The number of nitrogens with zero attached hydrogens (tertiary/aromatic N) is 2. The number of rotatable bonds is 5. The van der Waals surface area contributed by atoms with Gasteiger partial charge in [-0.05, 0) is 30.3 Å². The molecule has 1 aromatic heterocycles. The van der Waals surface area contributed by atoms with Crippen molar-refractivity contribution < 1.29 is 29.3 Å². The predicted octanol–water partition coefficient (Wildman–Crippen LogP) is 0.972. The van der Waals surface area contributed by atoms with E-state index in [1.165, 1.54) is 24.4 Å². The van der Waals surface area contributed by atoms with Crippen LogP contribution in [-0.2, 0) is 9.47 Å². The Bertz CT molecular complexity index is 1180. The Morgan fingerprint density at radius 2 is 1.64 bits per heavy atom. The first-order valence-corrected chi connectivity index (χ1v) is 10.1.